The zero-order chi connectivity index (χ0) is 15.9. The Kier molecular flexibility index (Phi) is 3.93. The Bertz CT molecular complexity index is 688. The number of amides is 3. The Morgan fingerprint density at radius 3 is 2.73 bits per heavy atom. The SMILES string of the molecule is O=C1[C@H]2CN(S(=O)(=O)c3cccs3)CCN2C(=O)N1CCO. The summed E-state index contributed by atoms with van der Waals surface area (Å²) in [5.41, 5.74) is 0. The van der Waals surface area contributed by atoms with Gasteiger partial charge in [0.1, 0.15) is 10.3 Å². The molecule has 1 aromatic heterocycles. The number of hydrogen-bond acceptors (Lipinski definition) is 6. The molecule has 0 aromatic carbocycles. The van der Waals surface area contributed by atoms with E-state index in [0.29, 0.717) is 0 Å². The van der Waals surface area contributed by atoms with E-state index in [-0.39, 0.29) is 37.0 Å². The smallest absolute Gasteiger partial charge is 0.327 e. The van der Waals surface area contributed by atoms with Crippen molar-refractivity contribution in [1.29, 1.82) is 0 Å². The predicted molar refractivity (Wildman–Crippen MR) is 77.8 cm³/mol. The molecule has 22 heavy (non-hydrogen) atoms. The molecule has 120 valence electrons. The van der Waals surface area contributed by atoms with Gasteiger partial charge < -0.3 is 10.0 Å². The molecule has 0 bridgehead atoms. The van der Waals surface area contributed by atoms with Gasteiger partial charge in [0.05, 0.1) is 13.2 Å². The molecule has 2 saturated heterocycles. The average molecular weight is 345 g/mol. The van der Waals surface area contributed by atoms with E-state index in [1.165, 1.54) is 15.3 Å². The summed E-state index contributed by atoms with van der Waals surface area (Å²) in [4.78, 5) is 26.7. The summed E-state index contributed by atoms with van der Waals surface area (Å²) in [5, 5.41) is 10.6. The summed E-state index contributed by atoms with van der Waals surface area (Å²) in [6, 6.07) is 1.91. The number of β-amino-alcohol motifs (C(OH)–C–C–N with tert-alkyl or cyclic N) is 1. The molecular weight excluding hydrogens is 330 g/mol. The summed E-state index contributed by atoms with van der Waals surface area (Å²) in [5.74, 6) is -0.454. The number of thiophene rings is 1. The number of imide groups is 1. The normalized spacial score (nSPS) is 23.2. The molecule has 3 amide bonds. The fourth-order valence-electron chi connectivity index (χ4n) is 2.69. The number of rotatable bonds is 4. The highest BCUT2D eigenvalue weighted by atomic mass is 32.2. The van der Waals surface area contributed by atoms with Gasteiger partial charge in [-0.1, -0.05) is 6.07 Å². The minimum atomic E-state index is -3.63. The lowest BCUT2D eigenvalue weighted by Gasteiger charge is -2.34. The first kappa shape index (κ1) is 15.4. The van der Waals surface area contributed by atoms with Crippen molar-refractivity contribution in [2.45, 2.75) is 10.3 Å². The van der Waals surface area contributed by atoms with Crippen LogP contribution in [0.4, 0.5) is 4.79 Å². The van der Waals surface area contributed by atoms with E-state index in [9.17, 15) is 18.0 Å². The fourth-order valence-corrected chi connectivity index (χ4v) is 5.27. The maximum Gasteiger partial charge on any atom is 0.327 e. The van der Waals surface area contributed by atoms with E-state index in [4.69, 9.17) is 5.11 Å². The molecule has 1 N–H and O–H groups in total. The largest absolute Gasteiger partial charge is 0.395 e. The van der Waals surface area contributed by atoms with Gasteiger partial charge in [-0.25, -0.2) is 13.2 Å². The van der Waals surface area contributed by atoms with Gasteiger partial charge in [-0.3, -0.25) is 9.69 Å². The van der Waals surface area contributed by atoms with Gasteiger partial charge in [0.2, 0.25) is 0 Å². The van der Waals surface area contributed by atoms with Crippen molar-refractivity contribution in [2.24, 2.45) is 0 Å². The number of sulfonamides is 1. The van der Waals surface area contributed by atoms with E-state index < -0.39 is 28.0 Å². The zero-order valence-electron chi connectivity index (χ0n) is 11.6. The van der Waals surface area contributed by atoms with Crippen molar-refractivity contribution in [2.75, 3.05) is 32.8 Å². The van der Waals surface area contributed by atoms with Crippen molar-refractivity contribution in [3.63, 3.8) is 0 Å². The van der Waals surface area contributed by atoms with Crippen LogP contribution in [-0.2, 0) is 14.8 Å². The number of aliphatic hydroxyl groups excluding tert-OH is 1. The van der Waals surface area contributed by atoms with Crippen LogP contribution in [0, 0.1) is 0 Å². The van der Waals surface area contributed by atoms with Gasteiger partial charge in [-0.15, -0.1) is 11.3 Å². The Balaban J connectivity index is 1.82. The predicted octanol–water partition coefficient (Wildman–Crippen LogP) is -0.623. The first-order valence-corrected chi connectivity index (χ1v) is 9.05. The number of piperazine rings is 1. The molecule has 2 aliphatic heterocycles. The molecule has 2 aliphatic rings. The first-order chi connectivity index (χ1) is 10.5. The number of fused-ring (bicyclic) bond motifs is 1. The highest BCUT2D eigenvalue weighted by Crippen LogP contribution is 2.27. The van der Waals surface area contributed by atoms with Crippen LogP contribution in [-0.4, -0.2) is 78.4 Å². The molecule has 0 radical (unpaired) electrons. The van der Waals surface area contributed by atoms with Crippen LogP contribution in [0.25, 0.3) is 0 Å². The van der Waals surface area contributed by atoms with Gasteiger partial charge in [0.15, 0.2) is 0 Å². The Morgan fingerprint density at radius 2 is 2.09 bits per heavy atom. The number of nitrogens with zero attached hydrogens (tertiary/aromatic N) is 3. The minimum absolute atomic E-state index is 0.0489. The third-order valence-electron chi connectivity index (χ3n) is 3.78. The van der Waals surface area contributed by atoms with Crippen LogP contribution < -0.4 is 0 Å². The monoisotopic (exact) mass is 345 g/mol. The van der Waals surface area contributed by atoms with Crippen molar-refractivity contribution in [3.8, 4) is 0 Å². The molecule has 0 unspecified atom stereocenters. The lowest BCUT2D eigenvalue weighted by atomic mass is 10.2. The summed E-state index contributed by atoms with van der Waals surface area (Å²) < 4.78 is 26.5. The second kappa shape index (κ2) is 5.61. The summed E-state index contributed by atoms with van der Waals surface area (Å²) in [7, 11) is -3.63. The second-order valence-corrected chi connectivity index (χ2v) is 8.11. The van der Waals surface area contributed by atoms with E-state index >= 15 is 0 Å². The van der Waals surface area contributed by atoms with Crippen LogP contribution in [0.2, 0.25) is 0 Å². The zero-order valence-corrected chi connectivity index (χ0v) is 13.2. The lowest BCUT2D eigenvalue weighted by Crippen LogP contribution is -2.54. The van der Waals surface area contributed by atoms with E-state index in [2.05, 4.69) is 0 Å². The van der Waals surface area contributed by atoms with Crippen molar-refractivity contribution >= 4 is 33.3 Å². The van der Waals surface area contributed by atoms with Gasteiger partial charge in [-0.05, 0) is 11.4 Å². The Morgan fingerprint density at radius 1 is 1.32 bits per heavy atom. The van der Waals surface area contributed by atoms with Crippen molar-refractivity contribution in [1.82, 2.24) is 14.1 Å². The number of urea groups is 1. The van der Waals surface area contributed by atoms with Gasteiger partial charge in [0, 0.05) is 19.6 Å². The third kappa shape index (κ3) is 2.32. The standard InChI is InChI=1S/C12H15N3O5S2/c16-6-5-15-11(17)9-8-13(3-4-14(9)12(15)18)22(19,20)10-2-1-7-21-10/h1-2,7,9,16H,3-6,8H2/t9-/m1/s1. The Hall–Kier alpha value is -1.49. The number of carbonyl (C=O) groups excluding carboxylic acids is 2. The number of aliphatic hydroxyl groups is 1. The van der Waals surface area contributed by atoms with Crippen LogP contribution in [0.3, 0.4) is 0 Å². The highest BCUT2D eigenvalue weighted by molar-refractivity contribution is 7.91. The molecule has 3 heterocycles. The van der Waals surface area contributed by atoms with Crippen LogP contribution in [0.15, 0.2) is 21.7 Å². The van der Waals surface area contributed by atoms with E-state index in [1.54, 1.807) is 11.4 Å². The lowest BCUT2D eigenvalue weighted by molar-refractivity contribution is -0.129. The van der Waals surface area contributed by atoms with Crippen LogP contribution in [0.1, 0.15) is 0 Å². The summed E-state index contributed by atoms with van der Waals surface area (Å²) in [6.45, 7) is -0.102. The molecule has 3 rings (SSSR count). The molecular formula is C12H15N3O5S2. The van der Waals surface area contributed by atoms with E-state index in [0.717, 1.165) is 16.2 Å². The van der Waals surface area contributed by atoms with Gasteiger partial charge in [-0.2, -0.15) is 4.31 Å². The second-order valence-electron chi connectivity index (χ2n) is 5.00. The Labute approximate surface area is 131 Å². The maximum atomic E-state index is 12.5. The third-order valence-corrected chi connectivity index (χ3v) is 7.02. The summed E-state index contributed by atoms with van der Waals surface area (Å²) in [6.07, 6.45) is 0. The molecule has 1 atom stereocenters. The number of carbonyl (C=O) groups is 2. The fraction of sp³-hybridized carbons (Fsp3) is 0.500. The molecule has 0 aliphatic carbocycles. The average Bonchev–Trinajstić information content (AvgIpc) is 3.12. The number of hydrogen-bond donors (Lipinski definition) is 1. The highest BCUT2D eigenvalue weighted by Gasteiger charge is 2.49. The molecule has 2 fully saturated rings. The first-order valence-electron chi connectivity index (χ1n) is 6.73. The minimum Gasteiger partial charge on any atom is -0.395 e. The topological polar surface area (TPSA) is 98.2 Å². The quantitative estimate of drug-likeness (QED) is 0.733. The maximum absolute atomic E-state index is 12.5. The molecule has 0 saturated carbocycles. The van der Waals surface area contributed by atoms with Crippen molar-refractivity contribution < 1.29 is 23.1 Å². The molecule has 10 heteroatoms. The molecule has 1 aromatic rings. The van der Waals surface area contributed by atoms with Crippen LogP contribution >= 0.6 is 11.3 Å². The molecule has 8 nitrogen and oxygen atoms in total. The summed E-state index contributed by atoms with van der Waals surface area (Å²) >= 11 is 1.12. The van der Waals surface area contributed by atoms with Gasteiger partial charge in [0.25, 0.3) is 15.9 Å². The van der Waals surface area contributed by atoms with E-state index in [1.807, 2.05) is 0 Å². The molecule has 0 spiro atoms. The van der Waals surface area contributed by atoms with Gasteiger partial charge >= 0.3 is 6.03 Å². The van der Waals surface area contributed by atoms with Crippen LogP contribution in [0.5, 0.6) is 0 Å². The van der Waals surface area contributed by atoms with Crippen molar-refractivity contribution in [3.05, 3.63) is 17.5 Å².